The second kappa shape index (κ2) is 7.41. The van der Waals surface area contributed by atoms with Crippen LogP contribution in [-0.4, -0.2) is 17.4 Å². The van der Waals surface area contributed by atoms with Crippen LogP contribution >= 0.6 is 11.6 Å². The summed E-state index contributed by atoms with van der Waals surface area (Å²) in [5, 5.41) is 13.9. The number of carbonyl (C=O) groups excluding carboxylic acids is 1. The molecule has 0 atom stereocenters. The summed E-state index contributed by atoms with van der Waals surface area (Å²) in [7, 11) is 0. The summed E-state index contributed by atoms with van der Waals surface area (Å²) in [5.41, 5.74) is -0.346. The van der Waals surface area contributed by atoms with Crippen molar-refractivity contribution in [3.63, 3.8) is 0 Å². The van der Waals surface area contributed by atoms with E-state index < -0.39 is 10.8 Å². The van der Waals surface area contributed by atoms with E-state index in [1.807, 2.05) is 0 Å². The Morgan fingerprint density at radius 2 is 1.86 bits per heavy atom. The van der Waals surface area contributed by atoms with Crippen LogP contribution in [-0.2, 0) is 0 Å². The highest BCUT2D eigenvalue weighted by molar-refractivity contribution is 6.34. The molecule has 0 fully saturated rings. The van der Waals surface area contributed by atoms with Crippen molar-refractivity contribution in [2.45, 2.75) is 27.7 Å². The molecule has 0 aromatic heterocycles. The Labute approximate surface area is 129 Å². The summed E-state index contributed by atoms with van der Waals surface area (Å²) in [6.45, 7) is 8.84. The lowest BCUT2D eigenvalue weighted by Crippen LogP contribution is -2.34. The van der Waals surface area contributed by atoms with Crippen LogP contribution in [0.15, 0.2) is 18.2 Å². The lowest BCUT2D eigenvalue weighted by molar-refractivity contribution is -0.385. The molecule has 0 aliphatic carbocycles. The molecule has 0 aliphatic heterocycles. The van der Waals surface area contributed by atoms with E-state index in [9.17, 15) is 14.9 Å². The summed E-state index contributed by atoms with van der Waals surface area (Å²) >= 11 is 5.94. The number of rotatable bonds is 6. The molecular formula is C15H21ClN2O3. The van der Waals surface area contributed by atoms with Crippen molar-refractivity contribution < 1.29 is 9.72 Å². The molecule has 0 saturated carbocycles. The minimum absolute atomic E-state index is 0.0737. The highest BCUT2D eigenvalue weighted by Gasteiger charge is 2.25. The van der Waals surface area contributed by atoms with Gasteiger partial charge in [-0.05, 0) is 23.8 Å². The zero-order chi connectivity index (χ0) is 16.2. The number of halogens is 1. The van der Waals surface area contributed by atoms with Crippen LogP contribution in [0, 0.1) is 27.9 Å². The molecule has 21 heavy (non-hydrogen) atoms. The standard InChI is InChI=1S/C15H21ClN2O3/c1-9(2)11(10(3)4)8-17-15(19)14-12(16)6-5-7-13(14)18(20)21/h5-7,9-11H,8H2,1-4H3,(H,17,19). The number of amides is 1. The van der Waals surface area contributed by atoms with E-state index in [-0.39, 0.29) is 16.3 Å². The van der Waals surface area contributed by atoms with Crippen molar-refractivity contribution in [3.8, 4) is 0 Å². The molecule has 0 aliphatic rings. The van der Waals surface area contributed by atoms with E-state index in [1.54, 1.807) is 0 Å². The minimum Gasteiger partial charge on any atom is -0.351 e. The third kappa shape index (κ3) is 4.43. The van der Waals surface area contributed by atoms with E-state index in [4.69, 9.17) is 11.6 Å². The molecule has 1 rings (SSSR count). The third-order valence-corrected chi connectivity index (χ3v) is 3.94. The van der Waals surface area contributed by atoms with Crippen LogP contribution in [0.1, 0.15) is 38.1 Å². The molecule has 116 valence electrons. The highest BCUT2D eigenvalue weighted by atomic mass is 35.5. The van der Waals surface area contributed by atoms with Crippen molar-refractivity contribution in [3.05, 3.63) is 38.9 Å². The van der Waals surface area contributed by atoms with Crippen LogP contribution < -0.4 is 5.32 Å². The molecule has 1 aromatic carbocycles. The fraction of sp³-hybridized carbons (Fsp3) is 0.533. The molecule has 0 heterocycles. The first-order valence-electron chi connectivity index (χ1n) is 6.96. The van der Waals surface area contributed by atoms with E-state index in [1.165, 1.54) is 18.2 Å². The number of nitrogens with zero attached hydrogens (tertiary/aromatic N) is 1. The van der Waals surface area contributed by atoms with Crippen molar-refractivity contribution >= 4 is 23.2 Å². The van der Waals surface area contributed by atoms with Gasteiger partial charge in [0.1, 0.15) is 5.56 Å². The Morgan fingerprint density at radius 1 is 1.29 bits per heavy atom. The van der Waals surface area contributed by atoms with Crippen molar-refractivity contribution in [1.29, 1.82) is 0 Å². The first kappa shape index (κ1) is 17.4. The predicted octanol–water partition coefficient (Wildman–Crippen LogP) is 3.91. The van der Waals surface area contributed by atoms with Gasteiger partial charge in [-0.2, -0.15) is 0 Å². The number of nitro benzene ring substituents is 1. The molecule has 1 aromatic rings. The van der Waals surface area contributed by atoms with Gasteiger partial charge in [-0.25, -0.2) is 0 Å². The molecule has 0 saturated heterocycles. The van der Waals surface area contributed by atoms with Crippen LogP contribution in [0.3, 0.4) is 0 Å². The molecule has 1 N–H and O–H groups in total. The molecule has 5 nitrogen and oxygen atoms in total. The second-order valence-corrected chi connectivity index (χ2v) is 6.16. The normalized spacial score (nSPS) is 11.2. The number of nitrogens with one attached hydrogen (secondary N) is 1. The summed E-state index contributed by atoms with van der Waals surface area (Å²) in [6.07, 6.45) is 0. The number of hydrogen-bond acceptors (Lipinski definition) is 3. The Hall–Kier alpha value is -1.62. The van der Waals surface area contributed by atoms with E-state index in [2.05, 4.69) is 33.0 Å². The van der Waals surface area contributed by atoms with Gasteiger partial charge in [-0.3, -0.25) is 14.9 Å². The Morgan fingerprint density at radius 3 is 2.33 bits per heavy atom. The largest absolute Gasteiger partial charge is 0.351 e. The molecule has 0 radical (unpaired) electrons. The molecule has 0 spiro atoms. The van der Waals surface area contributed by atoms with Gasteiger partial charge in [-0.15, -0.1) is 0 Å². The Bertz CT molecular complexity index is 522. The van der Waals surface area contributed by atoms with Crippen LogP contribution in [0.2, 0.25) is 5.02 Å². The molecule has 0 bridgehead atoms. The average molecular weight is 313 g/mol. The van der Waals surface area contributed by atoms with Crippen LogP contribution in [0.25, 0.3) is 0 Å². The van der Waals surface area contributed by atoms with Crippen LogP contribution in [0.5, 0.6) is 0 Å². The maximum Gasteiger partial charge on any atom is 0.283 e. The summed E-state index contributed by atoms with van der Waals surface area (Å²) in [6, 6.07) is 4.22. The molecule has 6 heteroatoms. The van der Waals surface area contributed by atoms with Gasteiger partial charge in [0.15, 0.2) is 0 Å². The Kier molecular flexibility index (Phi) is 6.15. The number of benzene rings is 1. The summed E-state index contributed by atoms with van der Waals surface area (Å²) in [5.74, 6) is 0.618. The minimum atomic E-state index is -0.594. The lowest BCUT2D eigenvalue weighted by atomic mass is 9.85. The second-order valence-electron chi connectivity index (χ2n) is 5.75. The average Bonchev–Trinajstić information content (AvgIpc) is 2.37. The maximum atomic E-state index is 12.2. The van der Waals surface area contributed by atoms with Gasteiger partial charge in [-0.1, -0.05) is 45.4 Å². The SMILES string of the molecule is CC(C)C(CNC(=O)c1c(Cl)cccc1[N+](=O)[O-])C(C)C. The summed E-state index contributed by atoms with van der Waals surface area (Å²) < 4.78 is 0. The zero-order valence-electron chi connectivity index (χ0n) is 12.7. The lowest BCUT2D eigenvalue weighted by Gasteiger charge is -2.25. The van der Waals surface area contributed by atoms with Gasteiger partial charge in [0.05, 0.1) is 9.95 Å². The first-order valence-corrected chi connectivity index (χ1v) is 7.34. The van der Waals surface area contributed by atoms with E-state index >= 15 is 0 Å². The Balaban J connectivity index is 2.93. The monoisotopic (exact) mass is 312 g/mol. The number of nitro groups is 1. The topological polar surface area (TPSA) is 72.2 Å². The van der Waals surface area contributed by atoms with E-state index in [0.29, 0.717) is 24.3 Å². The number of hydrogen-bond donors (Lipinski definition) is 1. The third-order valence-electron chi connectivity index (χ3n) is 3.63. The predicted molar refractivity (Wildman–Crippen MR) is 83.6 cm³/mol. The summed E-state index contributed by atoms with van der Waals surface area (Å²) in [4.78, 5) is 22.6. The molecule has 0 unspecified atom stereocenters. The zero-order valence-corrected chi connectivity index (χ0v) is 13.5. The fourth-order valence-corrected chi connectivity index (χ4v) is 2.69. The highest BCUT2D eigenvalue weighted by Crippen LogP contribution is 2.26. The van der Waals surface area contributed by atoms with Gasteiger partial charge in [0.25, 0.3) is 11.6 Å². The van der Waals surface area contributed by atoms with Crippen molar-refractivity contribution in [2.24, 2.45) is 17.8 Å². The smallest absolute Gasteiger partial charge is 0.283 e. The molecule has 1 amide bonds. The quantitative estimate of drug-likeness (QED) is 0.639. The first-order chi connectivity index (χ1) is 9.75. The van der Waals surface area contributed by atoms with Gasteiger partial charge >= 0.3 is 0 Å². The number of carbonyl (C=O) groups is 1. The van der Waals surface area contributed by atoms with Gasteiger partial charge < -0.3 is 5.32 Å². The van der Waals surface area contributed by atoms with Gasteiger partial charge in [0.2, 0.25) is 0 Å². The fourth-order valence-electron chi connectivity index (χ4n) is 2.43. The van der Waals surface area contributed by atoms with Crippen molar-refractivity contribution in [2.75, 3.05) is 6.54 Å². The van der Waals surface area contributed by atoms with Crippen molar-refractivity contribution in [1.82, 2.24) is 5.32 Å². The molecular weight excluding hydrogens is 292 g/mol. The maximum absolute atomic E-state index is 12.2. The van der Waals surface area contributed by atoms with Gasteiger partial charge in [0, 0.05) is 12.6 Å². The van der Waals surface area contributed by atoms with E-state index in [0.717, 1.165) is 0 Å². The van der Waals surface area contributed by atoms with Crippen LogP contribution in [0.4, 0.5) is 5.69 Å².